The fraction of sp³-hybridized carbons (Fsp3) is 0.500. The van der Waals surface area contributed by atoms with Gasteiger partial charge in [-0.2, -0.15) is 0 Å². The lowest BCUT2D eigenvalue weighted by molar-refractivity contribution is 0.186. The summed E-state index contributed by atoms with van der Waals surface area (Å²) in [6.07, 6.45) is 1.92. The first-order valence-corrected chi connectivity index (χ1v) is 6.29. The number of halogens is 1. The summed E-state index contributed by atoms with van der Waals surface area (Å²) in [6, 6.07) is 5.63. The monoisotopic (exact) mass is 285 g/mol. The molecule has 1 aliphatic carbocycles. The SMILES string of the molecule is NCC(O)c1cc(Br)cc(OCC2CC2)c1. The molecule has 0 aromatic heterocycles. The number of ether oxygens (including phenoxy) is 1. The fourth-order valence-corrected chi connectivity index (χ4v) is 1.98. The van der Waals surface area contributed by atoms with Crippen molar-refractivity contribution in [1.82, 2.24) is 0 Å². The van der Waals surface area contributed by atoms with Crippen LogP contribution in [-0.2, 0) is 0 Å². The molecule has 0 radical (unpaired) electrons. The second kappa shape index (κ2) is 5.17. The van der Waals surface area contributed by atoms with Crippen molar-refractivity contribution < 1.29 is 9.84 Å². The quantitative estimate of drug-likeness (QED) is 0.872. The maximum atomic E-state index is 9.67. The topological polar surface area (TPSA) is 55.5 Å². The van der Waals surface area contributed by atoms with Crippen LogP contribution in [-0.4, -0.2) is 18.3 Å². The van der Waals surface area contributed by atoms with Gasteiger partial charge in [-0.3, -0.25) is 0 Å². The summed E-state index contributed by atoms with van der Waals surface area (Å²) in [4.78, 5) is 0. The van der Waals surface area contributed by atoms with E-state index in [1.165, 1.54) is 12.8 Å². The lowest BCUT2D eigenvalue weighted by Crippen LogP contribution is -2.11. The molecule has 0 spiro atoms. The second-order valence-electron chi connectivity index (χ2n) is 4.23. The molecule has 3 N–H and O–H groups in total. The van der Waals surface area contributed by atoms with Gasteiger partial charge in [0.15, 0.2) is 0 Å². The smallest absolute Gasteiger partial charge is 0.120 e. The van der Waals surface area contributed by atoms with Crippen LogP contribution in [0, 0.1) is 5.92 Å². The van der Waals surface area contributed by atoms with E-state index in [1.807, 2.05) is 18.2 Å². The van der Waals surface area contributed by atoms with Gasteiger partial charge in [0, 0.05) is 11.0 Å². The summed E-state index contributed by atoms with van der Waals surface area (Å²) in [5, 5.41) is 9.67. The van der Waals surface area contributed by atoms with Crippen LogP contribution in [0.5, 0.6) is 5.75 Å². The van der Waals surface area contributed by atoms with E-state index in [1.54, 1.807) is 0 Å². The van der Waals surface area contributed by atoms with Gasteiger partial charge in [0.2, 0.25) is 0 Å². The van der Waals surface area contributed by atoms with Gasteiger partial charge in [0.25, 0.3) is 0 Å². The molecule has 1 fully saturated rings. The van der Waals surface area contributed by atoms with E-state index in [-0.39, 0.29) is 6.54 Å². The zero-order valence-electron chi connectivity index (χ0n) is 9.03. The van der Waals surface area contributed by atoms with Crippen LogP contribution < -0.4 is 10.5 Å². The van der Waals surface area contributed by atoms with Crippen molar-refractivity contribution >= 4 is 15.9 Å². The Labute approximate surface area is 104 Å². The molecule has 1 atom stereocenters. The molecule has 4 heteroatoms. The highest BCUT2D eigenvalue weighted by atomic mass is 79.9. The van der Waals surface area contributed by atoms with Crippen molar-refractivity contribution in [3.05, 3.63) is 28.2 Å². The number of hydrogen-bond donors (Lipinski definition) is 2. The molecule has 1 unspecified atom stereocenters. The number of hydrogen-bond acceptors (Lipinski definition) is 3. The van der Waals surface area contributed by atoms with E-state index in [2.05, 4.69) is 15.9 Å². The van der Waals surface area contributed by atoms with Crippen molar-refractivity contribution in [1.29, 1.82) is 0 Å². The predicted octanol–water partition coefficient (Wildman–Crippen LogP) is 2.23. The third-order valence-corrected chi connectivity index (χ3v) is 3.14. The molecule has 1 aromatic carbocycles. The summed E-state index contributed by atoms with van der Waals surface area (Å²) in [5.41, 5.74) is 6.22. The molecule has 2 rings (SSSR count). The van der Waals surface area contributed by atoms with Crippen molar-refractivity contribution in [2.24, 2.45) is 11.7 Å². The molecule has 1 saturated carbocycles. The third kappa shape index (κ3) is 3.20. The summed E-state index contributed by atoms with van der Waals surface area (Å²) in [7, 11) is 0. The van der Waals surface area contributed by atoms with Gasteiger partial charge >= 0.3 is 0 Å². The maximum Gasteiger partial charge on any atom is 0.120 e. The van der Waals surface area contributed by atoms with Crippen LogP contribution in [0.2, 0.25) is 0 Å². The minimum atomic E-state index is -0.624. The number of benzene rings is 1. The number of nitrogens with two attached hydrogens (primary N) is 1. The minimum Gasteiger partial charge on any atom is -0.493 e. The van der Waals surface area contributed by atoms with Crippen molar-refractivity contribution in [3.8, 4) is 5.75 Å². The molecule has 0 aliphatic heterocycles. The molecule has 1 aliphatic rings. The van der Waals surface area contributed by atoms with E-state index in [0.717, 1.165) is 28.3 Å². The van der Waals surface area contributed by atoms with Crippen LogP contribution in [0.15, 0.2) is 22.7 Å². The summed E-state index contributed by atoms with van der Waals surface area (Å²) in [5.74, 6) is 1.52. The summed E-state index contributed by atoms with van der Waals surface area (Å²) >= 11 is 3.40. The molecule has 88 valence electrons. The highest BCUT2D eigenvalue weighted by Crippen LogP contribution is 2.31. The molecule has 0 heterocycles. The molecule has 16 heavy (non-hydrogen) atoms. The standard InChI is InChI=1S/C12H16BrNO2/c13-10-3-9(12(15)6-14)4-11(5-10)16-7-8-1-2-8/h3-5,8,12,15H,1-2,6-7,14H2. The Kier molecular flexibility index (Phi) is 3.84. The Bertz CT molecular complexity index is 366. The summed E-state index contributed by atoms with van der Waals surface area (Å²) < 4.78 is 6.57. The van der Waals surface area contributed by atoms with E-state index >= 15 is 0 Å². The number of aliphatic hydroxyl groups excluding tert-OH is 1. The van der Waals surface area contributed by atoms with Crippen molar-refractivity contribution in [2.45, 2.75) is 18.9 Å². The van der Waals surface area contributed by atoms with Gasteiger partial charge in [0.1, 0.15) is 5.75 Å². The van der Waals surface area contributed by atoms with Crippen molar-refractivity contribution in [3.63, 3.8) is 0 Å². The van der Waals surface area contributed by atoms with E-state index in [4.69, 9.17) is 10.5 Å². The van der Waals surface area contributed by atoms with E-state index < -0.39 is 6.10 Å². The van der Waals surface area contributed by atoms with Crippen LogP contribution >= 0.6 is 15.9 Å². The van der Waals surface area contributed by atoms with E-state index in [9.17, 15) is 5.11 Å². The molecular weight excluding hydrogens is 270 g/mol. The van der Waals surface area contributed by atoms with Gasteiger partial charge in [-0.05, 0) is 42.5 Å². The minimum absolute atomic E-state index is 0.221. The van der Waals surface area contributed by atoms with Crippen LogP contribution in [0.25, 0.3) is 0 Å². The highest BCUT2D eigenvalue weighted by Gasteiger charge is 2.22. The van der Waals surface area contributed by atoms with Gasteiger partial charge in [-0.15, -0.1) is 0 Å². The normalized spacial score (nSPS) is 17.2. The average molecular weight is 286 g/mol. The molecule has 3 nitrogen and oxygen atoms in total. The van der Waals surface area contributed by atoms with E-state index in [0.29, 0.717) is 0 Å². The predicted molar refractivity (Wildman–Crippen MR) is 66.4 cm³/mol. The van der Waals surface area contributed by atoms with Gasteiger partial charge in [0.05, 0.1) is 12.7 Å². The lowest BCUT2D eigenvalue weighted by atomic mass is 10.1. The van der Waals surface area contributed by atoms with Gasteiger partial charge < -0.3 is 15.6 Å². The first-order valence-electron chi connectivity index (χ1n) is 5.50. The van der Waals surface area contributed by atoms with Crippen LogP contribution in [0.1, 0.15) is 24.5 Å². The highest BCUT2D eigenvalue weighted by molar-refractivity contribution is 9.10. The Morgan fingerprint density at radius 3 is 2.81 bits per heavy atom. The summed E-state index contributed by atoms with van der Waals surface area (Å²) in [6.45, 7) is 0.993. The van der Waals surface area contributed by atoms with Gasteiger partial charge in [-0.25, -0.2) is 0 Å². The first-order chi connectivity index (χ1) is 7.69. The largest absolute Gasteiger partial charge is 0.493 e. The van der Waals surface area contributed by atoms with Crippen LogP contribution in [0.4, 0.5) is 0 Å². The Morgan fingerprint density at radius 2 is 2.19 bits per heavy atom. The molecule has 0 bridgehead atoms. The Morgan fingerprint density at radius 1 is 1.44 bits per heavy atom. The molecular formula is C12H16BrNO2. The Hall–Kier alpha value is -0.580. The fourth-order valence-electron chi connectivity index (χ4n) is 1.49. The lowest BCUT2D eigenvalue weighted by Gasteiger charge is -2.12. The first kappa shape index (κ1) is 11.9. The number of rotatable bonds is 5. The number of aliphatic hydroxyl groups is 1. The average Bonchev–Trinajstić information content (AvgIpc) is 3.08. The maximum absolute atomic E-state index is 9.67. The zero-order valence-corrected chi connectivity index (χ0v) is 10.6. The second-order valence-corrected chi connectivity index (χ2v) is 5.14. The Balaban J connectivity index is 2.07. The molecule has 0 saturated heterocycles. The van der Waals surface area contributed by atoms with Crippen molar-refractivity contribution in [2.75, 3.05) is 13.2 Å². The molecule has 0 amide bonds. The van der Waals surface area contributed by atoms with Crippen LogP contribution in [0.3, 0.4) is 0 Å². The third-order valence-electron chi connectivity index (χ3n) is 2.68. The molecule has 1 aromatic rings. The zero-order chi connectivity index (χ0) is 11.5. The van der Waals surface area contributed by atoms with Gasteiger partial charge in [-0.1, -0.05) is 15.9 Å².